The second-order valence-corrected chi connectivity index (χ2v) is 4.89. The van der Waals surface area contributed by atoms with E-state index in [0.717, 1.165) is 5.92 Å². The van der Waals surface area contributed by atoms with Gasteiger partial charge in [-0.25, -0.2) is 0 Å². The summed E-state index contributed by atoms with van der Waals surface area (Å²) in [6, 6.07) is 6.78. The minimum absolute atomic E-state index is 0.808. The maximum Gasteiger partial charge on any atom is -0.0248 e. The second kappa shape index (κ2) is 9.94. The monoisotopic (exact) mass is 246 g/mol. The van der Waals surface area contributed by atoms with E-state index in [2.05, 4.69) is 52.5 Å². The van der Waals surface area contributed by atoms with Crippen molar-refractivity contribution in [2.75, 3.05) is 0 Å². The molecule has 102 valence electrons. The number of aryl methyl sites for hydroxylation is 2. The van der Waals surface area contributed by atoms with Gasteiger partial charge in [0.15, 0.2) is 0 Å². The molecule has 18 heavy (non-hydrogen) atoms. The van der Waals surface area contributed by atoms with Crippen LogP contribution in [0.2, 0.25) is 0 Å². The van der Waals surface area contributed by atoms with Crippen LogP contribution in [0.1, 0.15) is 57.7 Å². The number of rotatable bonds is 5. The maximum atomic E-state index is 3.36. The lowest BCUT2D eigenvalue weighted by Crippen LogP contribution is -2.05. The smallest absolute Gasteiger partial charge is 0.0248 e. The highest BCUT2D eigenvalue weighted by Crippen LogP contribution is 2.21. The van der Waals surface area contributed by atoms with Gasteiger partial charge in [-0.05, 0) is 48.8 Å². The molecule has 0 aliphatic carbocycles. The number of hydrogen-bond acceptors (Lipinski definition) is 0. The normalized spacial score (nSPS) is 11.4. The molecule has 0 aliphatic heterocycles. The van der Waals surface area contributed by atoms with Gasteiger partial charge in [-0.1, -0.05) is 58.4 Å². The highest BCUT2D eigenvalue weighted by molar-refractivity contribution is 5.35. The molecule has 0 amide bonds. The molecule has 0 bridgehead atoms. The molecule has 0 aromatic heterocycles. The van der Waals surface area contributed by atoms with E-state index < -0.39 is 0 Å². The Kier molecular flexibility index (Phi) is 9.36. The quantitative estimate of drug-likeness (QED) is 0.594. The molecule has 0 heterocycles. The Bertz CT molecular complexity index is 314. The molecule has 1 aromatic rings. The Hall–Kier alpha value is -1.04. The molecular formula is C18H30. The van der Waals surface area contributed by atoms with Gasteiger partial charge in [-0.3, -0.25) is 0 Å². The van der Waals surface area contributed by atoms with E-state index >= 15 is 0 Å². The van der Waals surface area contributed by atoms with Crippen molar-refractivity contribution in [1.29, 1.82) is 0 Å². The van der Waals surface area contributed by atoms with Gasteiger partial charge >= 0.3 is 0 Å². The van der Waals surface area contributed by atoms with Crippen LogP contribution in [0.15, 0.2) is 30.9 Å². The molecule has 0 N–H and O–H groups in total. The molecular weight excluding hydrogens is 216 g/mol. The average molecular weight is 246 g/mol. The van der Waals surface area contributed by atoms with Gasteiger partial charge in [0.25, 0.3) is 0 Å². The van der Waals surface area contributed by atoms with E-state index in [1.807, 2.05) is 6.92 Å². The van der Waals surface area contributed by atoms with Crippen LogP contribution in [0.3, 0.4) is 0 Å². The van der Waals surface area contributed by atoms with E-state index in [1.165, 1.54) is 25.7 Å². The second-order valence-electron chi connectivity index (χ2n) is 4.89. The summed E-state index contributed by atoms with van der Waals surface area (Å²) < 4.78 is 0. The SMILES string of the molecule is C=CC.CCc1cccc(CC)c1C[C@@H](C)CC. The zero-order valence-corrected chi connectivity index (χ0v) is 12.9. The van der Waals surface area contributed by atoms with E-state index in [0.29, 0.717) is 0 Å². The predicted octanol–water partition coefficient (Wildman–Crippen LogP) is 5.59. The molecule has 0 aliphatic rings. The van der Waals surface area contributed by atoms with E-state index in [1.54, 1.807) is 22.8 Å². The number of benzene rings is 1. The van der Waals surface area contributed by atoms with Gasteiger partial charge in [0.2, 0.25) is 0 Å². The summed E-state index contributed by atoms with van der Waals surface area (Å²) >= 11 is 0. The summed E-state index contributed by atoms with van der Waals surface area (Å²) in [6.07, 6.45) is 6.62. The van der Waals surface area contributed by atoms with Crippen molar-refractivity contribution in [3.63, 3.8) is 0 Å². The molecule has 1 rings (SSSR count). The molecule has 0 saturated heterocycles. The zero-order valence-electron chi connectivity index (χ0n) is 12.9. The predicted molar refractivity (Wildman–Crippen MR) is 84.2 cm³/mol. The lowest BCUT2D eigenvalue weighted by molar-refractivity contribution is 0.555. The Balaban J connectivity index is 0.000000873. The van der Waals surface area contributed by atoms with Gasteiger partial charge in [0.05, 0.1) is 0 Å². The largest absolute Gasteiger partial charge is 0.103 e. The van der Waals surface area contributed by atoms with Crippen molar-refractivity contribution < 1.29 is 0 Å². The van der Waals surface area contributed by atoms with Crippen molar-refractivity contribution in [3.05, 3.63) is 47.5 Å². The molecule has 1 atom stereocenters. The Morgan fingerprint density at radius 3 is 1.89 bits per heavy atom. The average Bonchev–Trinajstić information content (AvgIpc) is 2.39. The highest BCUT2D eigenvalue weighted by atomic mass is 14.1. The van der Waals surface area contributed by atoms with Gasteiger partial charge in [0.1, 0.15) is 0 Å². The van der Waals surface area contributed by atoms with Crippen LogP contribution in [-0.2, 0) is 19.3 Å². The molecule has 0 radical (unpaired) electrons. The van der Waals surface area contributed by atoms with Gasteiger partial charge in [-0.2, -0.15) is 0 Å². The van der Waals surface area contributed by atoms with Crippen molar-refractivity contribution in [2.24, 2.45) is 5.92 Å². The summed E-state index contributed by atoms with van der Waals surface area (Å²) in [4.78, 5) is 0. The third-order valence-corrected chi connectivity index (χ3v) is 3.38. The van der Waals surface area contributed by atoms with E-state index in [4.69, 9.17) is 0 Å². The fourth-order valence-corrected chi connectivity index (χ4v) is 2.11. The van der Waals surface area contributed by atoms with Crippen molar-refractivity contribution in [1.82, 2.24) is 0 Å². The fraction of sp³-hybridized carbons (Fsp3) is 0.556. The summed E-state index contributed by atoms with van der Waals surface area (Å²) in [5, 5.41) is 0. The maximum absolute atomic E-state index is 3.36. The molecule has 0 nitrogen and oxygen atoms in total. The first kappa shape index (κ1) is 17.0. The summed E-state index contributed by atoms with van der Waals surface area (Å²) in [7, 11) is 0. The lowest BCUT2D eigenvalue weighted by atomic mass is 9.89. The van der Waals surface area contributed by atoms with Crippen LogP contribution in [0, 0.1) is 5.92 Å². The van der Waals surface area contributed by atoms with Crippen molar-refractivity contribution in [3.8, 4) is 0 Å². The first-order valence-electron chi connectivity index (χ1n) is 7.31. The van der Waals surface area contributed by atoms with Crippen LogP contribution in [0.5, 0.6) is 0 Å². The molecule has 0 unspecified atom stereocenters. The number of hydrogen-bond donors (Lipinski definition) is 0. The minimum Gasteiger partial charge on any atom is -0.103 e. The van der Waals surface area contributed by atoms with Crippen LogP contribution >= 0.6 is 0 Å². The number of allylic oxidation sites excluding steroid dienone is 1. The van der Waals surface area contributed by atoms with Crippen LogP contribution < -0.4 is 0 Å². The first-order chi connectivity index (χ1) is 8.64. The van der Waals surface area contributed by atoms with Gasteiger partial charge in [-0.15, -0.1) is 6.58 Å². The van der Waals surface area contributed by atoms with Crippen molar-refractivity contribution in [2.45, 2.75) is 60.3 Å². The standard InChI is InChI=1S/C15H24.C3H6/c1-5-12(4)11-15-13(6-2)9-8-10-14(15)7-3;1-3-2/h8-10,12H,5-7,11H2,1-4H3;3H,1H2,2H3/t12-;/m0./s1. The molecule has 0 fully saturated rings. The Morgan fingerprint density at radius 1 is 1.11 bits per heavy atom. The third kappa shape index (κ3) is 5.53. The Labute approximate surface area is 114 Å². The van der Waals surface area contributed by atoms with Crippen molar-refractivity contribution >= 4 is 0 Å². The summed E-state index contributed by atoms with van der Waals surface area (Å²) in [6.45, 7) is 14.4. The summed E-state index contributed by atoms with van der Waals surface area (Å²) in [5.41, 5.74) is 4.72. The van der Waals surface area contributed by atoms with Crippen LogP contribution in [0.4, 0.5) is 0 Å². The van der Waals surface area contributed by atoms with E-state index in [-0.39, 0.29) is 0 Å². The summed E-state index contributed by atoms with van der Waals surface area (Å²) in [5.74, 6) is 0.808. The third-order valence-electron chi connectivity index (χ3n) is 3.38. The molecule has 1 aromatic carbocycles. The Morgan fingerprint density at radius 2 is 1.56 bits per heavy atom. The fourth-order valence-electron chi connectivity index (χ4n) is 2.11. The molecule has 0 saturated carbocycles. The van der Waals surface area contributed by atoms with Gasteiger partial charge < -0.3 is 0 Å². The van der Waals surface area contributed by atoms with Gasteiger partial charge in [0, 0.05) is 0 Å². The van der Waals surface area contributed by atoms with Crippen LogP contribution in [0.25, 0.3) is 0 Å². The molecule has 0 heteroatoms. The lowest BCUT2D eigenvalue weighted by Gasteiger charge is -2.16. The highest BCUT2D eigenvalue weighted by Gasteiger charge is 2.09. The zero-order chi connectivity index (χ0) is 14.0. The van der Waals surface area contributed by atoms with E-state index in [9.17, 15) is 0 Å². The molecule has 0 spiro atoms. The van der Waals surface area contributed by atoms with Crippen LogP contribution in [-0.4, -0.2) is 0 Å². The minimum atomic E-state index is 0.808. The topological polar surface area (TPSA) is 0 Å². The first-order valence-corrected chi connectivity index (χ1v) is 7.31.